The molecule has 0 aliphatic rings. The van der Waals surface area contributed by atoms with Crippen LogP contribution < -0.4 is 15.4 Å². The molecule has 0 aliphatic carbocycles. The van der Waals surface area contributed by atoms with Gasteiger partial charge in [-0.2, -0.15) is 0 Å². The summed E-state index contributed by atoms with van der Waals surface area (Å²) in [6.45, 7) is 1.52. The summed E-state index contributed by atoms with van der Waals surface area (Å²) >= 11 is 0. The number of benzene rings is 3. The predicted octanol–water partition coefficient (Wildman–Crippen LogP) is 4.33. The Kier molecular flexibility index (Phi) is 6.58. The highest BCUT2D eigenvalue weighted by molar-refractivity contribution is 6.04. The molecule has 0 saturated heterocycles. The number of hydrogen-bond acceptors (Lipinski definition) is 3. The van der Waals surface area contributed by atoms with Crippen LogP contribution in [0.15, 0.2) is 78.9 Å². The van der Waals surface area contributed by atoms with Crippen molar-refractivity contribution in [3.63, 3.8) is 0 Å². The normalized spacial score (nSPS) is 11.4. The van der Waals surface area contributed by atoms with E-state index in [9.17, 15) is 14.0 Å². The Morgan fingerprint density at radius 3 is 2.45 bits per heavy atom. The number of hydrogen-bond donors (Lipinski definition) is 2. The number of ether oxygens (including phenoxy) is 1. The number of nitrogens with one attached hydrogen (secondary N) is 2. The molecule has 2 amide bonds. The molecule has 0 saturated carbocycles. The lowest BCUT2D eigenvalue weighted by atomic mass is 10.1. The highest BCUT2D eigenvalue weighted by atomic mass is 19.1. The van der Waals surface area contributed by atoms with Crippen LogP contribution >= 0.6 is 0 Å². The molecule has 3 aromatic carbocycles. The maximum atomic E-state index is 13.5. The van der Waals surface area contributed by atoms with Gasteiger partial charge in [-0.3, -0.25) is 9.59 Å². The lowest BCUT2D eigenvalue weighted by Crippen LogP contribution is -2.31. The Labute approximate surface area is 168 Å². The minimum atomic E-state index is -0.518. The highest BCUT2D eigenvalue weighted by Gasteiger charge is 2.13. The van der Waals surface area contributed by atoms with Crippen LogP contribution in [-0.4, -0.2) is 18.4 Å². The zero-order chi connectivity index (χ0) is 20.6. The molecule has 0 aliphatic heterocycles. The first-order valence-corrected chi connectivity index (χ1v) is 9.16. The molecule has 0 bridgehead atoms. The molecule has 29 heavy (non-hydrogen) atoms. The first-order chi connectivity index (χ1) is 14.0. The van der Waals surface area contributed by atoms with E-state index in [2.05, 4.69) is 10.6 Å². The van der Waals surface area contributed by atoms with E-state index in [1.165, 1.54) is 12.1 Å². The van der Waals surface area contributed by atoms with Crippen molar-refractivity contribution >= 4 is 17.5 Å². The summed E-state index contributed by atoms with van der Waals surface area (Å²) in [5.74, 6) is -1.08. The summed E-state index contributed by atoms with van der Waals surface area (Å²) in [7, 11) is 0. The van der Waals surface area contributed by atoms with Crippen molar-refractivity contribution in [3.05, 3.63) is 95.8 Å². The van der Waals surface area contributed by atoms with Gasteiger partial charge >= 0.3 is 0 Å². The van der Waals surface area contributed by atoms with Crippen LogP contribution in [-0.2, 0) is 4.79 Å². The summed E-state index contributed by atoms with van der Waals surface area (Å²) in [6.07, 6.45) is 0. The number of para-hydroxylation sites is 1. The molecule has 0 aromatic heterocycles. The molecule has 3 rings (SSSR count). The second-order valence-electron chi connectivity index (χ2n) is 6.45. The van der Waals surface area contributed by atoms with Crippen molar-refractivity contribution in [2.24, 2.45) is 0 Å². The van der Waals surface area contributed by atoms with E-state index in [1.807, 2.05) is 19.1 Å². The largest absolute Gasteiger partial charge is 0.481 e. The molecule has 3 aromatic rings. The lowest BCUT2D eigenvalue weighted by molar-refractivity contribution is -0.123. The van der Waals surface area contributed by atoms with Gasteiger partial charge in [-0.05, 0) is 48.9 Å². The zero-order valence-corrected chi connectivity index (χ0v) is 15.9. The Hall–Kier alpha value is -3.67. The molecular formula is C23H21FN2O3. The lowest BCUT2D eigenvalue weighted by Gasteiger charge is -2.16. The van der Waals surface area contributed by atoms with Crippen LogP contribution in [0.3, 0.4) is 0 Å². The fraction of sp³-hybridized carbons (Fsp3) is 0.130. The van der Waals surface area contributed by atoms with Crippen LogP contribution in [0.4, 0.5) is 10.1 Å². The molecule has 0 radical (unpaired) electrons. The maximum Gasteiger partial charge on any atom is 0.258 e. The van der Waals surface area contributed by atoms with E-state index in [1.54, 1.807) is 54.6 Å². The van der Waals surface area contributed by atoms with Gasteiger partial charge in [0.25, 0.3) is 11.8 Å². The first kappa shape index (κ1) is 20.1. The zero-order valence-electron chi connectivity index (χ0n) is 15.9. The molecule has 5 nitrogen and oxygen atoms in total. The molecule has 1 unspecified atom stereocenters. The predicted molar refractivity (Wildman–Crippen MR) is 109 cm³/mol. The fourth-order valence-corrected chi connectivity index (χ4v) is 2.75. The Morgan fingerprint density at radius 2 is 1.69 bits per heavy atom. The van der Waals surface area contributed by atoms with Crippen LogP contribution in [0.5, 0.6) is 5.75 Å². The van der Waals surface area contributed by atoms with Gasteiger partial charge in [0.1, 0.15) is 0 Å². The van der Waals surface area contributed by atoms with Crippen LogP contribution in [0, 0.1) is 5.82 Å². The monoisotopic (exact) mass is 392 g/mol. The Balaban J connectivity index is 1.57. The molecule has 1 atom stereocenters. The SMILES string of the molecule is CC(NC(=O)COc1ccccc1F)c1cccc(NC(=O)c2ccccc2)c1. The van der Waals surface area contributed by atoms with E-state index >= 15 is 0 Å². The number of halogens is 1. The second kappa shape index (κ2) is 9.50. The van der Waals surface area contributed by atoms with E-state index in [0.29, 0.717) is 11.3 Å². The standard InChI is InChI=1S/C23H21FN2O3/c1-16(25-22(27)15-29-21-13-6-5-12-20(21)24)18-10-7-11-19(14-18)26-23(28)17-8-3-2-4-9-17/h2-14,16H,15H2,1H3,(H,25,27)(H,26,28). The van der Waals surface area contributed by atoms with Crippen LogP contribution in [0.2, 0.25) is 0 Å². The smallest absolute Gasteiger partial charge is 0.258 e. The molecule has 2 N–H and O–H groups in total. The van der Waals surface area contributed by atoms with Crippen molar-refractivity contribution in [1.29, 1.82) is 0 Å². The third kappa shape index (κ3) is 5.65. The van der Waals surface area contributed by atoms with E-state index in [0.717, 1.165) is 5.56 Å². The maximum absolute atomic E-state index is 13.5. The number of carbonyl (C=O) groups is 2. The number of amides is 2. The van der Waals surface area contributed by atoms with Gasteiger partial charge in [0.05, 0.1) is 6.04 Å². The van der Waals surface area contributed by atoms with Crippen molar-refractivity contribution in [3.8, 4) is 5.75 Å². The van der Waals surface area contributed by atoms with Gasteiger partial charge in [-0.1, -0.05) is 42.5 Å². The number of rotatable bonds is 7. The van der Waals surface area contributed by atoms with Crippen molar-refractivity contribution < 1.29 is 18.7 Å². The summed E-state index contributed by atoms with van der Waals surface area (Å²) in [4.78, 5) is 24.4. The minimum Gasteiger partial charge on any atom is -0.481 e. The van der Waals surface area contributed by atoms with Gasteiger partial charge in [-0.15, -0.1) is 0 Å². The van der Waals surface area contributed by atoms with E-state index in [4.69, 9.17) is 4.74 Å². The van der Waals surface area contributed by atoms with Gasteiger partial charge in [0, 0.05) is 11.3 Å². The highest BCUT2D eigenvalue weighted by Crippen LogP contribution is 2.19. The Bertz CT molecular complexity index is 992. The molecule has 148 valence electrons. The van der Waals surface area contributed by atoms with Gasteiger partial charge in [-0.25, -0.2) is 4.39 Å². The third-order valence-corrected chi connectivity index (χ3v) is 4.25. The van der Waals surface area contributed by atoms with Gasteiger partial charge < -0.3 is 15.4 Å². The molecule has 6 heteroatoms. The third-order valence-electron chi connectivity index (χ3n) is 4.25. The van der Waals surface area contributed by atoms with E-state index in [-0.39, 0.29) is 30.2 Å². The summed E-state index contributed by atoms with van der Waals surface area (Å²) in [6, 6.07) is 21.7. The molecule has 0 heterocycles. The van der Waals surface area contributed by atoms with Crippen LogP contribution in [0.25, 0.3) is 0 Å². The minimum absolute atomic E-state index is 0.0286. The van der Waals surface area contributed by atoms with Crippen molar-refractivity contribution in [2.75, 3.05) is 11.9 Å². The fourth-order valence-electron chi connectivity index (χ4n) is 2.75. The van der Waals surface area contributed by atoms with Gasteiger partial charge in [0.15, 0.2) is 18.2 Å². The molecule has 0 spiro atoms. The quantitative estimate of drug-likeness (QED) is 0.629. The average Bonchev–Trinajstić information content (AvgIpc) is 2.74. The summed E-state index contributed by atoms with van der Waals surface area (Å²) in [5, 5.41) is 5.64. The molecule has 0 fully saturated rings. The summed E-state index contributed by atoms with van der Waals surface area (Å²) in [5.41, 5.74) is 2.00. The Morgan fingerprint density at radius 1 is 0.966 bits per heavy atom. The molecular weight excluding hydrogens is 371 g/mol. The topological polar surface area (TPSA) is 67.4 Å². The van der Waals surface area contributed by atoms with Crippen molar-refractivity contribution in [2.45, 2.75) is 13.0 Å². The summed E-state index contributed by atoms with van der Waals surface area (Å²) < 4.78 is 18.8. The van der Waals surface area contributed by atoms with Gasteiger partial charge in [0.2, 0.25) is 0 Å². The van der Waals surface area contributed by atoms with E-state index < -0.39 is 5.82 Å². The van der Waals surface area contributed by atoms with Crippen LogP contribution in [0.1, 0.15) is 28.9 Å². The second-order valence-corrected chi connectivity index (χ2v) is 6.45. The number of carbonyl (C=O) groups excluding carboxylic acids is 2. The first-order valence-electron chi connectivity index (χ1n) is 9.16. The average molecular weight is 392 g/mol. The number of anilines is 1. The van der Waals surface area contributed by atoms with Crippen molar-refractivity contribution in [1.82, 2.24) is 5.32 Å².